The lowest BCUT2D eigenvalue weighted by Crippen LogP contribution is -2.18. The van der Waals surface area contributed by atoms with Crippen LogP contribution in [0.3, 0.4) is 0 Å². The van der Waals surface area contributed by atoms with Gasteiger partial charge in [-0.2, -0.15) is 0 Å². The fourth-order valence-corrected chi connectivity index (χ4v) is 12.2. The van der Waals surface area contributed by atoms with Crippen LogP contribution < -0.4 is 19.6 Å². The van der Waals surface area contributed by atoms with Crippen molar-refractivity contribution >= 4 is 101 Å². The average molecular weight is 983 g/mol. The zero-order valence-corrected chi connectivity index (χ0v) is 44.7. The second-order valence-corrected chi connectivity index (χ2v) is 20.5. The second-order valence-electron chi connectivity index (χ2n) is 20.5. The highest BCUT2D eigenvalue weighted by molar-refractivity contribution is 6.33. The van der Waals surface area contributed by atoms with Gasteiger partial charge >= 0.3 is 0 Å². The van der Waals surface area contributed by atoms with Crippen molar-refractivity contribution in [1.29, 1.82) is 0 Å². The fraction of sp³-hybridized carbons (Fsp3) is 0.111. The lowest BCUT2D eigenvalue weighted by Gasteiger charge is -2.36. The van der Waals surface area contributed by atoms with Gasteiger partial charge in [0, 0.05) is 55.1 Å². The first-order valence-corrected chi connectivity index (χ1v) is 26.5. The number of rotatable bonds is 12. The zero-order chi connectivity index (χ0) is 52.2. The molecule has 370 valence electrons. The molecule has 12 aromatic rings. The molecule has 0 unspecified atom stereocenters. The van der Waals surface area contributed by atoms with Gasteiger partial charge < -0.3 is 19.6 Å². The molecule has 0 saturated carbocycles. The van der Waals surface area contributed by atoms with E-state index >= 15 is 0 Å². The van der Waals surface area contributed by atoms with E-state index in [1.165, 1.54) is 78.0 Å². The molecule has 12 rings (SSSR count). The number of para-hydroxylation sites is 8. The van der Waals surface area contributed by atoms with Crippen LogP contribution in [0.1, 0.15) is 44.5 Å². The summed E-state index contributed by atoms with van der Waals surface area (Å²) in [6.45, 7) is 18.0. The summed E-state index contributed by atoms with van der Waals surface area (Å²) in [5, 5.41) is 7.06. The molecule has 0 aromatic heterocycles. The van der Waals surface area contributed by atoms with Crippen molar-refractivity contribution in [2.75, 3.05) is 19.6 Å². The minimum absolute atomic E-state index is 1.09. The molecular formula is C72H62N4. The Morgan fingerprint density at radius 3 is 0.566 bits per heavy atom. The molecule has 4 heteroatoms. The Kier molecular flexibility index (Phi) is 12.4. The number of hydrogen-bond donors (Lipinski definition) is 0. The van der Waals surface area contributed by atoms with Crippen molar-refractivity contribution in [1.82, 2.24) is 0 Å². The molecule has 0 aliphatic rings. The van der Waals surface area contributed by atoms with Gasteiger partial charge in [-0.05, 0) is 161 Å². The van der Waals surface area contributed by atoms with E-state index in [0.29, 0.717) is 0 Å². The van der Waals surface area contributed by atoms with Crippen LogP contribution in [0.15, 0.2) is 231 Å². The largest absolute Gasteiger partial charge is 0.309 e. The Hall–Kier alpha value is -9.12. The number of benzene rings is 12. The van der Waals surface area contributed by atoms with Crippen molar-refractivity contribution in [3.05, 3.63) is 275 Å². The van der Waals surface area contributed by atoms with Gasteiger partial charge in [-0.15, -0.1) is 0 Å². The van der Waals surface area contributed by atoms with Crippen LogP contribution in [0, 0.1) is 55.4 Å². The summed E-state index contributed by atoms with van der Waals surface area (Å²) in [6, 6.07) is 85.1. The molecule has 0 N–H and O–H groups in total. The summed E-state index contributed by atoms with van der Waals surface area (Å²) in [7, 11) is 0. The predicted octanol–water partition coefficient (Wildman–Crippen LogP) is 20.9. The molecule has 12 aromatic carbocycles. The molecule has 0 atom stereocenters. The zero-order valence-electron chi connectivity index (χ0n) is 44.7. The maximum atomic E-state index is 2.52. The van der Waals surface area contributed by atoms with Gasteiger partial charge in [-0.1, -0.05) is 170 Å². The van der Waals surface area contributed by atoms with Crippen molar-refractivity contribution in [3.8, 4) is 0 Å². The highest BCUT2D eigenvalue weighted by Crippen LogP contribution is 2.56. The van der Waals surface area contributed by atoms with Gasteiger partial charge in [0.05, 0.1) is 45.5 Å². The Morgan fingerprint density at radius 2 is 0.382 bits per heavy atom. The van der Waals surface area contributed by atoms with Gasteiger partial charge in [0.15, 0.2) is 0 Å². The smallest absolute Gasteiger partial charge is 0.0561 e. The summed E-state index contributed by atoms with van der Waals surface area (Å²) < 4.78 is 0. The predicted molar refractivity (Wildman–Crippen MR) is 327 cm³/mol. The molecule has 0 heterocycles. The quantitative estimate of drug-likeness (QED) is 0.113. The molecule has 4 nitrogen and oxygen atoms in total. The van der Waals surface area contributed by atoms with Crippen LogP contribution in [-0.4, -0.2) is 0 Å². The van der Waals surface area contributed by atoms with Crippen LogP contribution in [0.5, 0.6) is 0 Å². The number of anilines is 12. The van der Waals surface area contributed by atoms with Gasteiger partial charge in [-0.25, -0.2) is 0 Å². The minimum atomic E-state index is 1.09. The van der Waals surface area contributed by atoms with Gasteiger partial charge in [-0.3, -0.25) is 0 Å². The van der Waals surface area contributed by atoms with Gasteiger partial charge in [0.2, 0.25) is 0 Å². The van der Waals surface area contributed by atoms with Crippen LogP contribution in [0.4, 0.5) is 68.2 Å². The molecule has 0 spiro atoms. The van der Waals surface area contributed by atoms with Crippen molar-refractivity contribution in [2.45, 2.75) is 55.4 Å². The molecular weight excluding hydrogens is 921 g/mol. The highest BCUT2D eigenvalue weighted by Gasteiger charge is 2.31. The molecule has 0 saturated heterocycles. The number of aryl methyl sites for hydroxylation is 8. The third-order valence-electron chi connectivity index (χ3n) is 15.5. The summed E-state index contributed by atoms with van der Waals surface area (Å²) in [4.78, 5) is 10.1. The molecule has 0 aliphatic heterocycles. The topological polar surface area (TPSA) is 13.0 Å². The third-order valence-corrected chi connectivity index (χ3v) is 15.5. The standard InChI is InChI=1S/C72H62N4/c1-47-25-21-26-48(2)69(47)73(55-33-13-9-14-34-55)63-45-64(74(56-35-15-10-16-36-56)70-49(3)27-22-28-50(70)4)60-43-44-62-66(76(58-39-19-12-20-40-58)72-53(7)31-24-32-54(72)8)46-65(61-42-41-59(63)67(60)68(61)62)75(57-37-17-11-18-38-57)71-51(5)29-23-30-52(71)6/h9-46H,1-8H3. The van der Waals surface area contributed by atoms with Crippen LogP contribution in [0.25, 0.3) is 32.3 Å². The normalized spacial score (nSPS) is 11.4. The summed E-state index contributed by atoms with van der Waals surface area (Å²) >= 11 is 0. The van der Waals surface area contributed by atoms with Crippen LogP contribution >= 0.6 is 0 Å². The first-order valence-electron chi connectivity index (χ1n) is 26.5. The molecule has 0 amide bonds. The summed E-state index contributed by atoms with van der Waals surface area (Å²) in [6.07, 6.45) is 0. The van der Waals surface area contributed by atoms with E-state index in [0.717, 1.165) is 67.0 Å². The van der Waals surface area contributed by atoms with E-state index < -0.39 is 0 Å². The van der Waals surface area contributed by atoms with Gasteiger partial charge in [0.1, 0.15) is 0 Å². The average Bonchev–Trinajstić information content (AvgIpc) is 3.59. The monoisotopic (exact) mass is 982 g/mol. The third kappa shape index (κ3) is 8.09. The summed E-state index contributed by atoms with van der Waals surface area (Å²) in [5.74, 6) is 0. The maximum Gasteiger partial charge on any atom is 0.0561 e. The van der Waals surface area contributed by atoms with E-state index in [9.17, 15) is 0 Å². The van der Waals surface area contributed by atoms with E-state index in [1.54, 1.807) is 0 Å². The Labute approximate surface area is 448 Å². The van der Waals surface area contributed by atoms with E-state index in [1.807, 2.05) is 0 Å². The molecule has 76 heavy (non-hydrogen) atoms. The Balaban J connectivity index is 1.33. The Morgan fingerprint density at radius 1 is 0.197 bits per heavy atom. The number of hydrogen-bond acceptors (Lipinski definition) is 4. The molecule has 0 radical (unpaired) electrons. The lowest BCUT2D eigenvalue weighted by atomic mass is 9.88. The molecule has 0 aliphatic carbocycles. The van der Waals surface area contributed by atoms with Crippen LogP contribution in [0.2, 0.25) is 0 Å². The molecule has 0 bridgehead atoms. The number of nitrogens with zero attached hydrogens (tertiary/aromatic N) is 4. The van der Waals surface area contributed by atoms with Crippen LogP contribution in [-0.2, 0) is 0 Å². The first-order chi connectivity index (χ1) is 37.1. The lowest BCUT2D eigenvalue weighted by molar-refractivity contribution is 1.20. The maximum absolute atomic E-state index is 2.52. The Bertz CT molecular complexity index is 3490. The first kappa shape index (κ1) is 47.9. The van der Waals surface area contributed by atoms with Crippen molar-refractivity contribution in [3.63, 3.8) is 0 Å². The highest BCUT2D eigenvalue weighted by atomic mass is 15.2. The second kappa shape index (κ2) is 19.6. The fourth-order valence-electron chi connectivity index (χ4n) is 12.2. The summed E-state index contributed by atoms with van der Waals surface area (Å²) in [5.41, 5.74) is 23.1. The van der Waals surface area contributed by atoms with Crippen molar-refractivity contribution < 1.29 is 0 Å². The minimum Gasteiger partial charge on any atom is -0.309 e. The molecule has 0 fully saturated rings. The van der Waals surface area contributed by atoms with Crippen molar-refractivity contribution in [2.24, 2.45) is 0 Å². The van der Waals surface area contributed by atoms with E-state index in [4.69, 9.17) is 0 Å². The van der Waals surface area contributed by atoms with E-state index in [2.05, 4.69) is 306 Å². The van der Waals surface area contributed by atoms with Gasteiger partial charge in [0.25, 0.3) is 0 Å². The van der Waals surface area contributed by atoms with E-state index in [-0.39, 0.29) is 0 Å². The SMILES string of the molecule is Cc1cccc(C)c1N(c1ccccc1)c1cc(N(c2ccccc2)c2c(C)cccc2C)c2ccc3c(N(c4ccccc4)c4c(C)cccc4C)cc(N(c4ccccc4)c4c(C)cccc4C)c4ccc1c2c43.